The molecular formula is C14H16O4. The minimum atomic E-state index is -0.806. The van der Waals surface area contributed by atoms with E-state index in [-0.39, 0.29) is 0 Å². The van der Waals surface area contributed by atoms with Crippen molar-refractivity contribution in [3.05, 3.63) is 47.4 Å². The van der Waals surface area contributed by atoms with Crippen LogP contribution in [0.1, 0.15) is 23.0 Å². The molecule has 1 aromatic heterocycles. The molecule has 0 aliphatic heterocycles. The molecule has 18 heavy (non-hydrogen) atoms. The summed E-state index contributed by atoms with van der Waals surface area (Å²) in [7, 11) is 3.14. The van der Waals surface area contributed by atoms with Gasteiger partial charge in [-0.1, -0.05) is 6.07 Å². The molecule has 0 saturated heterocycles. The van der Waals surface area contributed by atoms with E-state index in [4.69, 9.17) is 13.9 Å². The SMILES string of the molecule is COc1ccc(C(O)c2occc2C)cc1OC. The summed E-state index contributed by atoms with van der Waals surface area (Å²) in [6.45, 7) is 1.89. The van der Waals surface area contributed by atoms with E-state index in [9.17, 15) is 5.11 Å². The van der Waals surface area contributed by atoms with Crippen molar-refractivity contribution in [3.8, 4) is 11.5 Å². The molecule has 0 aliphatic carbocycles. The highest BCUT2D eigenvalue weighted by Gasteiger charge is 2.18. The zero-order chi connectivity index (χ0) is 13.1. The number of hydrogen-bond donors (Lipinski definition) is 1. The van der Waals surface area contributed by atoms with Crippen LogP contribution in [0.15, 0.2) is 34.9 Å². The maximum atomic E-state index is 10.3. The van der Waals surface area contributed by atoms with E-state index in [1.165, 1.54) is 0 Å². The predicted molar refractivity (Wildman–Crippen MR) is 67.1 cm³/mol. The minimum absolute atomic E-state index is 0.544. The molecule has 0 bridgehead atoms. The molecule has 1 heterocycles. The molecule has 1 unspecified atom stereocenters. The van der Waals surface area contributed by atoms with Crippen molar-refractivity contribution < 1.29 is 19.0 Å². The van der Waals surface area contributed by atoms with Gasteiger partial charge in [0.25, 0.3) is 0 Å². The molecule has 0 radical (unpaired) electrons. The van der Waals surface area contributed by atoms with Crippen molar-refractivity contribution in [1.82, 2.24) is 0 Å². The highest BCUT2D eigenvalue weighted by molar-refractivity contribution is 5.45. The summed E-state index contributed by atoms with van der Waals surface area (Å²) < 4.78 is 15.7. The number of aryl methyl sites for hydroxylation is 1. The fourth-order valence-electron chi connectivity index (χ4n) is 1.84. The third-order valence-electron chi connectivity index (χ3n) is 2.87. The topological polar surface area (TPSA) is 51.8 Å². The Morgan fingerprint density at radius 1 is 1.11 bits per heavy atom. The van der Waals surface area contributed by atoms with Gasteiger partial charge in [0.1, 0.15) is 11.9 Å². The van der Waals surface area contributed by atoms with Crippen LogP contribution >= 0.6 is 0 Å². The Balaban J connectivity index is 2.37. The summed E-state index contributed by atoms with van der Waals surface area (Å²) in [6, 6.07) is 7.11. The highest BCUT2D eigenvalue weighted by atomic mass is 16.5. The fourth-order valence-corrected chi connectivity index (χ4v) is 1.84. The van der Waals surface area contributed by atoms with Crippen molar-refractivity contribution in [2.45, 2.75) is 13.0 Å². The Morgan fingerprint density at radius 2 is 1.83 bits per heavy atom. The Labute approximate surface area is 106 Å². The second kappa shape index (κ2) is 5.14. The van der Waals surface area contributed by atoms with Gasteiger partial charge in [-0.3, -0.25) is 0 Å². The number of furan rings is 1. The van der Waals surface area contributed by atoms with Crippen LogP contribution < -0.4 is 9.47 Å². The van der Waals surface area contributed by atoms with Crippen molar-refractivity contribution in [3.63, 3.8) is 0 Å². The lowest BCUT2D eigenvalue weighted by Gasteiger charge is -2.13. The molecule has 2 rings (SSSR count). The normalized spacial score (nSPS) is 12.2. The Morgan fingerprint density at radius 3 is 2.39 bits per heavy atom. The highest BCUT2D eigenvalue weighted by Crippen LogP contribution is 2.33. The lowest BCUT2D eigenvalue weighted by Crippen LogP contribution is -2.01. The molecule has 96 valence electrons. The zero-order valence-corrected chi connectivity index (χ0v) is 10.6. The smallest absolute Gasteiger partial charge is 0.161 e. The van der Waals surface area contributed by atoms with Crippen molar-refractivity contribution in [2.75, 3.05) is 14.2 Å². The first kappa shape index (κ1) is 12.5. The van der Waals surface area contributed by atoms with E-state index in [1.54, 1.807) is 38.7 Å². The molecule has 0 fully saturated rings. The van der Waals surface area contributed by atoms with Gasteiger partial charge in [0, 0.05) is 0 Å². The summed E-state index contributed by atoms with van der Waals surface area (Å²) in [5.74, 6) is 1.75. The van der Waals surface area contributed by atoms with Crippen molar-refractivity contribution >= 4 is 0 Å². The molecule has 2 aromatic rings. The molecule has 0 spiro atoms. The molecule has 1 atom stereocenters. The van der Waals surface area contributed by atoms with E-state index < -0.39 is 6.10 Å². The molecule has 0 saturated carbocycles. The maximum Gasteiger partial charge on any atom is 0.161 e. The maximum absolute atomic E-state index is 10.3. The summed E-state index contributed by atoms with van der Waals surface area (Å²) in [5, 5.41) is 10.3. The standard InChI is InChI=1S/C14H16O4/c1-9-6-7-18-14(9)13(15)10-4-5-11(16-2)12(8-10)17-3/h4-8,13,15H,1-3H3. The van der Waals surface area contributed by atoms with E-state index >= 15 is 0 Å². The predicted octanol–water partition coefficient (Wildman–Crippen LogP) is 2.69. The summed E-state index contributed by atoms with van der Waals surface area (Å²) in [6.07, 6.45) is 0.758. The zero-order valence-electron chi connectivity index (χ0n) is 10.6. The summed E-state index contributed by atoms with van der Waals surface area (Å²) in [5.41, 5.74) is 1.61. The number of aliphatic hydroxyl groups is 1. The third-order valence-corrected chi connectivity index (χ3v) is 2.87. The van der Waals surface area contributed by atoms with Crippen LogP contribution in [0.3, 0.4) is 0 Å². The second-order valence-electron chi connectivity index (χ2n) is 3.98. The Hall–Kier alpha value is -1.94. The van der Waals surface area contributed by atoms with Crippen LogP contribution in [0.5, 0.6) is 11.5 Å². The average molecular weight is 248 g/mol. The van der Waals surface area contributed by atoms with Crippen molar-refractivity contribution in [1.29, 1.82) is 0 Å². The number of aliphatic hydroxyl groups excluding tert-OH is 1. The molecular weight excluding hydrogens is 232 g/mol. The summed E-state index contributed by atoms with van der Waals surface area (Å²) in [4.78, 5) is 0. The van der Waals surface area contributed by atoms with Gasteiger partial charge in [-0.25, -0.2) is 0 Å². The van der Waals surface area contributed by atoms with Crippen molar-refractivity contribution in [2.24, 2.45) is 0 Å². The third kappa shape index (κ3) is 2.19. The monoisotopic (exact) mass is 248 g/mol. The first-order valence-electron chi connectivity index (χ1n) is 5.61. The lowest BCUT2D eigenvalue weighted by molar-refractivity contribution is 0.187. The number of hydrogen-bond acceptors (Lipinski definition) is 4. The van der Waals surface area contributed by atoms with E-state index in [1.807, 2.05) is 13.0 Å². The van der Waals surface area contributed by atoms with Gasteiger partial charge in [0.05, 0.1) is 20.5 Å². The van der Waals surface area contributed by atoms with Crippen LogP contribution in [-0.2, 0) is 0 Å². The average Bonchev–Trinajstić information content (AvgIpc) is 2.83. The number of benzene rings is 1. The lowest BCUT2D eigenvalue weighted by atomic mass is 10.0. The van der Waals surface area contributed by atoms with E-state index in [2.05, 4.69) is 0 Å². The van der Waals surface area contributed by atoms with Gasteiger partial charge in [-0.05, 0) is 36.2 Å². The molecule has 1 N–H and O–H groups in total. The fraction of sp³-hybridized carbons (Fsp3) is 0.286. The van der Waals surface area contributed by atoms with Crippen LogP contribution in [0.25, 0.3) is 0 Å². The molecule has 1 aromatic carbocycles. The summed E-state index contributed by atoms with van der Waals surface area (Å²) >= 11 is 0. The van der Waals surface area contributed by atoms with E-state index in [0.717, 1.165) is 5.56 Å². The largest absolute Gasteiger partial charge is 0.493 e. The van der Waals surface area contributed by atoms with E-state index in [0.29, 0.717) is 22.8 Å². The van der Waals surface area contributed by atoms with Gasteiger partial charge in [-0.2, -0.15) is 0 Å². The van der Waals surface area contributed by atoms with Crippen LogP contribution in [0.4, 0.5) is 0 Å². The molecule has 4 heteroatoms. The van der Waals surface area contributed by atoms with Gasteiger partial charge < -0.3 is 19.0 Å². The van der Waals surface area contributed by atoms with Gasteiger partial charge in [-0.15, -0.1) is 0 Å². The first-order chi connectivity index (χ1) is 8.67. The van der Waals surface area contributed by atoms with Crippen LogP contribution in [0, 0.1) is 6.92 Å². The second-order valence-corrected chi connectivity index (χ2v) is 3.98. The number of ether oxygens (including phenoxy) is 2. The molecule has 0 amide bonds. The van der Waals surface area contributed by atoms with Gasteiger partial charge in [0.15, 0.2) is 11.5 Å². The first-order valence-corrected chi connectivity index (χ1v) is 5.61. The van der Waals surface area contributed by atoms with Gasteiger partial charge >= 0.3 is 0 Å². The quantitative estimate of drug-likeness (QED) is 0.903. The Kier molecular flexibility index (Phi) is 3.58. The molecule has 0 aliphatic rings. The van der Waals surface area contributed by atoms with Crippen LogP contribution in [0.2, 0.25) is 0 Å². The van der Waals surface area contributed by atoms with Gasteiger partial charge in [0.2, 0.25) is 0 Å². The van der Waals surface area contributed by atoms with Crippen LogP contribution in [-0.4, -0.2) is 19.3 Å². The Bertz CT molecular complexity index is 530. The number of methoxy groups -OCH3 is 2. The number of rotatable bonds is 4. The molecule has 4 nitrogen and oxygen atoms in total. The minimum Gasteiger partial charge on any atom is -0.493 e.